The molecule has 0 aromatic heterocycles. The zero-order valence-electron chi connectivity index (χ0n) is 13.4. The molecule has 0 aliphatic carbocycles. The number of rotatable bonds is 5. The Kier molecular flexibility index (Phi) is 7.27. The van der Waals surface area contributed by atoms with Crippen molar-refractivity contribution in [2.24, 2.45) is 5.73 Å². The summed E-state index contributed by atoms with van der Waals surface area (Å²) in [7, 11) is -3.14. The summed E-state index contributed by atoms with van der Waals surface area (Å²) in [4.78, 5) is 0. The molecule has 0 atom stereocenters. The van der Waals surface area contributed by atoms with E-state index in [0.717, 1.165) is 6.54 Å². The van der Waals surface area contributed by atoms with Gasteiger partial charge in [-0.3, -0.25) is 0 Å². The number of hydrogen-bond donors (Lipinski definition) is 1. The van der Waals surface area contributed by atoms with Crippen LogP contribution in [0.4, 0.5) is 0 Å². The van der Waals surface area contributed by atoms with Crippen molar-refractivity contribution >= 4 is 41.8 Å². The van der Waals surface area contributed by atoms with Crippen LogP contribution in [0.2, 0.25) is 65.0 Å². The van der Waals surface area contributed by atoms with Crippen LogP contribution in [0, 0.1) is 0 Å². The molecule has 0 saturated carbocycles. The topological polar surface area (TPSA) is 26.0 Å². The van der Waals surface area contributed by atoms with Crippen LogP contribution in [0.3, 0.4) is 0 Å². The third-order valence-corrected chi connectivity index (χ3v) is 78.9. The molecule has 0 saturated heterocycles. The fourth-order valence-corrected chi connectivity index (χ4v) is 103. The Labute approximate surface area is 119 Å². The molecule has 0 radical (unpaired) electrons. The van der Waals surface area contributed by atoms with E-state index < -0.39 is 29.4 Å². The summed E-state index contributed by atoms with van der Waals surface area (Å²) >= 11 is 0. The lowest BCUT2D eigenvalue weighted by Gasteiger charge is -2.57. The lowest BCUT2D eigenvalue weighted by molar-refractivity contribution is 1.11. The molecule has 0 heterocycles. The Morgan fingerprint density at radius 1 is 0.647 bits per heavy atom. The molecular formula is C11H34ClNSi4. The lowest BCUT2D eigenvalue weighted by Crippen LogP contribution is -2.83. The van der Waals surface area contributed by atoms with Crippen molar-refractivity contribution in [2.45, 2.75) is 65.0 Å². The Bertz CT molecular complexity index is 201. The first-order valence-corrected chi connectivity index (χ1v) is 22.2. The molecule has 0 aromatic carbocycles. The van der Waals surface area contributed by atoms with Crippen molar-refractivity contribution in [1.29, 1.82) is 0 Å². The third kappa shape index (κ3) is 3.79. The zero-order valence-corrected chi connectivity index (χ0v) is 18.2. The fraction of sp³-hybridized carbons (Fsp3) is 1.00. The van der Waals surface area contributed by atoms with E-state index in [9.17, 15) is 0 Å². The summed E-state index contributed by atoms with van der Waals surface area (Å²) in [6, 6.07) is 1.41. The maximum Gasteiger partial charge on any atom is 0.0386 e. The van der Waals surface area contributed by atoms with Crippen molar-refractivity contribution in [3.8, 4) is 0 Å². The Balaban J connectivity index is 0. The molecule has 0 amide bonds. The van der Waals surface area contributed by atoms with E-state index in [0.29, 0.717) is 0 Å². The van der Waals surface area contributed by atoms with E-state index in [-0.39, 0.29) is 12.4 Å². The van der Waals surface area contributed by atoms with E-state index in [4.69, 9.17) is 5.73 Å². The standard InChI is InChI=1S/C11H33NSi4.ClH/c1-13(2,3)16(11-10-12,14(4,5)6)15(7,8)9;/h10-12H2,1-9H3;1H. The van der Waals surface area contributed by atoms with Gasteiger partial charge in [-0.25, -0.2) is 0 Å². The van der Waals surface area contributed by atoms with Gasteiger partial charge in [-0.1, -0.05) is 65.0 Å². The highest BCUT2D eigenvalue weighted by Crippen LogP contribution is 2.39. The quantitative estimate of drug-likeness (QED) is 0.757. The third-order valence-electron chi connectivity index (χ3n) is 4.36. The average molecular weight is 328 g/mol. The molecule has 0 fully saturated rings. The Hall–Kier alpha value is 1.12. The predicted octanol–water partition coefficient (Wildman–Crippen LogP) is 4.07. The molecule has 106 valence electrons. The summed E-state index contributed by atoms with van der Waals surface area (Å²) in [6.45, 7) is 23.5. The van der Waals surface area contributed by atoms with Crippen molar-refractivity contribution in [1.82, 2.24) is 0 Å². The van der Waals surface area contributed by atoms with Gasteiger partial charge in [-0.2, -0.15) is 0 Å². The van der Waals surface area contributed by atoms with Gasteiger partial charge >= 0.3 is 0 Å². The molecule has 1 nitrogen and oxygen atoms in total. The van der Waals surface area contributed by atoms with Crippen LogP contribution < -0.4 is 5.73 Å². The van der Waals surface area contributed by atoms with Gasteiger partial charge < -0.3 is 5.73 Å². The molecule has 17 heavy (non-hydrogen) atoms. The highest BCUT2D eigenvalue weighted by molar-refractivity contribution is 7.89. The molecule has 0 aliphatic rings. The van der Waals surface area contributed by atoms with E-state index in [1.807, 2.05) is 0 Å². The van der Waals surface area contributed by atoms with Crippen LogP contribution in [0.25, 0.3) is 0 Å². The molecule has 2 N–H and O–H groups in total. The van der Waals surface area contributed by atoms with Gasteiger partial charge in [0.1, 0.15) is 0 Å². The highest BCUT2D eigenvalue weighted by Gasteiger charge is 2.60. The first-order chi connectivity index (χ1) is 6.81. The van der Waals surface area contributed by atoms with Gasteiger partial charge in [0, 0.05) is 29.4 Å². The van der Waals surface area contributed by atoms with Crippen LogP contribution in [0.15, 0.2) is 0 Å². The van der Waals surface area contributed by atoms with Gasteiger partial charge in [0.15, 0.2) is 0 Å². The van der Waals surface area contributed by atoms with Crippen molar-refractivity contribution in [3.05, 3.63) is 0 Å². The molecule has 0 aliphatic heterocycles. The Morgan fingerprint density at radius 2 is 0.882 bits per heavy atom. The van der Waals surface area contributed by atoms with Gasteiger partial charge in [0.25, 0.3) is 0 Å². The van der Waals surface area contributed by atoms with E-state index >= 15 is 0 Å². The largest absolute Gasteiger partial charge is 0.331 e. The van der Waals surface area contributed by atoms with Gasteiger partial charge in [0.05, 0.1) is 0 Å². The smallest absolute Gasteiger partial charge is 0.0386 e. The van der Waals surface area contributed by atoms with E-state index in [2.05, 4.69) is 58.9 Å². The maximum absolute atomic E-state index is 6.01. The summed E-state index contributed by atoms with van der Waals surface area (Å²) in [5.74, 6) is 0. The van der Waals surface area contributed by atoms with Crippen LogP contribution in [0.5, 0.6) is 0 Å². The number of nitrogens with two attached hydrogens (primary N) is 1. The summed E-state index contributed by atoms with van der Waals surface area (Å²) in [6.07, 6.45) is 0. The summed E-state index contributed by atoms with van der Waals surface area (Å²) in [5.41, 5.74) is 6.01. The fourth-order valence-electron chi connectivity index (χ4n) is 4.72. The minimum Gasteiger partial charge on any atom is -0.331 e. The monoisotopic (exact) mass is 327 g/mol. The van der Waals surface area contributed by atoms with Crippen molar-refractivity contribution in [3.63, 3.8) is 0 Å². The lowest BCUT2D eigenvalue weighted by atomic mass is 10.8. The second-order valence-corrected chi connectivity index (χ2v) is 49.7. The molecule has 0 bridgehead atoms. The van der Waals surface area contributed by atoms with Gasteiger partial charge in [-0.15, -0.1) is 12.4 Å². The van der Waals surface area contributed by atoms with Gasteiger partial charge in [0.2, 0.25) is 0 Å². The summed E-state index contributed by atoms with van der Waals surface area (Å²) < 4.78 is 0. The SMILES string of the molecule is C[Si](C)(C)[Si](CCN)([Si](C)(C)C)[Si](C)(C)C.Cl. The highest BCUT2D eigenvalue weighted by atomic mass is 35.5. The molecular weight excluding hydrogens is 294 g/mol. The number of hydrogen-bond acceptors (Lipinski definition) is 1. The van der Waals surface area contributed by atoms with Crippen molar-refractivity contribution in [2.75, 3.05) is 6.54 Å². The molecule has 0 aromatic rings. The summed E-state index contributed by atoms with van der Waals surface area (Å²) in [5, 5.41) is 0. The minimum atomic E-state index is -1.11. The Morgan fingerprint density at radius 3 is 0.941 bits per heavy atom. The maximum atomic E-state index is 6.01. The zero-order chi connectivity index (χ0) is 13.4. The van der Waals surface area contributed by atoms with E-state index in [1.54, 1.807) is 0 Å². The van der Waals surface area contributed by atoms with Crippen LogP contribution >= 0.6 is 12.4 Å². The van der Waals surface area contributed by atoms with Crippen LogP contribution in [-0.2, 0) is 0 Å². The van der Waals surface area contributed by atoms with Crippen LogP contribution in [-0.4, -0.2) is 35.9 Å². The molecule has 6 heteroatoms. The first kappa shape index (κ1) is 20.4. The predicted molar refractivity (Wildman–Crippen MR) is 96.9 cm³/mol. The first-order valence-electron chi connectivity index (χ1n) is 6.51. The second-order valence-electron chi connectivity index (χ2n) is 8.19. The van der Waals surface area contributed by atoms with Gasteiger partial charge in [-0.05, 0) is 6.54 Å². The second kappa shape index (κ2) is 6.05. The normalized spacial score (nSPS) is 14.5. The minimum absolute atomic E-state index is 0. The van der Waals surface area contributed by atoms with Crippen LogP contribution in [0.1, 0.15) is 0 Å². The van der Waals surface area contributed by atoms with E-state index in [1.165, 1.54) is 6.04 Å². The molecule has 0 unspecified atom stereocenters. The number of halogens is 1. The molecule has 0 rings (SSSR count). The average Bonchev–Trinajstić information content (AvgIpc) is 1.91. The van der Waals surface area contributed by atoms with Crippen molar-refractivity contribution < 1.29 is 0 Å². The molecule has 0 spiro atoms.